The number of ether oxygens (including phenoxy) is 2. The molecule has 0 saturated carbocycles. The maximum Gasteiger partial charge on any atom is 0.258 e. The number of nitrogens with zero attached hydrogens (tertiary/aromatic N) is 1. The zero-order valence-corrected chi connectivity index (χ0v) is 16.7. The minimum Gasteiger partial charge on any atom is -0.497 e. The molecule has 0 aliphatic carbocycles. The summed E-state index contributed by atoms with van der Waals surface area (Å²) in [5, 5.41) is 0. The van der Waals surface area contributed by atoms with Crippen molar-refractivity contribution in [2.75, 3.05) is 32.7 Å². The minimum absolute atomic E-state index is 0.0663. The van der Waals surface area contributed by atoms with Crippen LogP contribution in [-0.2, 0) is 10.0 Å². The molecule has 146 valence electrons. The smallest absolute Gasteiger partial charge is 0.258 e. The van der Waals surface area contributed by atoms with Crippen LogP contribution >= 0.6 is 0 Å². The van der Waals surface area contributed by atoms with Gasteiger partial charge in [0.2, 0.25) is 10.0 Å². The Hall–Kier alpha value is -2.58. The summed E-state index contributed by atoms with van der Waals surface area (Å²) in [6.45, 7) is 2.16. The highest BCUT2D eigenvalue weighted by Crippen LogP contribution is 2.27. The zero-order valence-electron chi connectivity index (χ0n) is 15.9. The Morgan fingerprint density at radius 3 is 2.48 bits per heavy atom. The van der Waals surface area contributed by atoms with Gasteiger partial charge in [0.1, 0.15) is 16.4 Å². The van der Waals surface area contributed by atoms with Crippen LogP contribution in [0.1, 0.15) is 23.7 Å². The summed E-state index contributed by atoms with van der Waals surface area (Å²) in [6, 6.07) is 11.4. The molecule has 8 heteroatoms. The minimum atomic E-state index is -3.79. The maximum absolute atomic E-state index is 12.9. The van der Waals surface area contributed by atoms with Crippen LogP contribution in [0.2, 0.25) is 0 Å². The number of benzene rings is 2. The van der Waals surface area contributed by atoms with Gasteiger partial charge in [-0.15, -0.1) is 0 Å². The molecule has 2 aromatic rings. The van der Waals surface area contributed by atoms with Crippen LogP contribution < -0.4 is 19.1 Å². The molecule has 0 radical (unpaired) electrons. The Labute approximate surface area is 160 Å². The number of carbonyl (C=O) groups is 1. The van der Waals surface area contributed by atoms with Crippen LogP contribution in [0, 0.1) is 0 Å². The molecule has 0 atom stereocenters. The van der Waals surface area contributed by atoms with Crippen molar-refractivity contribution in [1.82, 2.24) is 4.72 Å². The number of rotatable bonds is 8. The number of amides is 1. The molecule has 0 heterocycles. The Morgan fingerprint density at radius 1 is 1.11 bits per heavy atom. The molecule has 0 unspecified atom stereocenters. The van der Waals surface area contributed by atoms with E-state index >= 15 is 0 Å². The second-order valence-corrected chi connectivity index (χ2v) is 7.56. The molecule has 0 bridgehead atoms. The topological polar surface area (TPSA) is 84.9 Å². The highest BCUT2D eigenvalue weighted by Gasteiger charge is 2.23. The average Bonchev–Trinajstić information content (AvgIpc) is 2.70. The first kappa shape index (κ1) is 20.7. The standard InChI is InChI=1S/C19H24N2O5S/c1-5-11-20-27(23,24)18-12-14(9-10-17(18)26-4)19(22)21(2)15-7-6-8-16(13-15)25-3/h6-10,12-13,20H,5,11H2,1-4H3. The summed E-state index contributed by atoms with van der Waals surface area (Å²) in [7, 11) is 0.761. The fourth-order valence-corrected chi connectivity index (χ4v) is 3.79. The normalized spacial score (nSPS) is 11.1. The van der Waals surface area contributed by atoms with E-state index in [1.54, 1.807) is 38.4 Å². The van der Waals surface area contributed by atoms with Crippen molar-refractivity contribution in [3.8, 4) is 11.5 Å². The third-order valence-corrected chi connectivity index (χ3v) is 5.47. The van der Waals surface area contributed by atoms with Gasteiger partial charge in [0.25, 0.3) is 5.91 Å². The Kier molecular flexibility index (Phi) is 6.81. The fourth-order valence-electron chi connectivity index (χ4n) is 2.46. The highest BCUT2D eigenvalue weighted by molar-refractivity contribution is 7.89. The lowest BCUT2D eigenvalue weighted by Crippen LogP contribution is -2.28. The number of anilines is 1. The fraction of sp³-hybridized carbons (Fsp3) is 0.316. The van der Waals surface area contributed by atoms with Crippen molar-refractivity contribution in [2.45, 2.75) is 18.2 Å². The van der Waals surface area contributed by atoms with Crippen molar-refractivity contribution >= 4 is 21.6 Å². The lowest BCUT2D eigenvalue weighted by molar-refractivity contribution is 0.0992. The van der Waals surface area contributed by atoms with E-state index < -0.39 is 10.0 Å². The second kappa shape index (κ2) is 8.88. The van der Waals surface area contributed by atoms with Crippen molar-refractivity contribution in [3.05, 3.63) is 48.0 Å². The van der Waals surface area contributed by atoms with Gasteiger partial charge in [-0.05, 0) is 36.8 Å². The number of hydrogen-bond donors (Lipinski definition) is 1. The number of nitrogens with one attached hydrogen (secondary N) is 1. The van der Waals surface area contributed by atoms with E-state index in [2.05, 4.69) is 4.72 Å². The number of hydrogen-bond acceptors (Lipinski definition) is 5. The molecule has 0 aliphatic heterocycles. The molecule has 1 N–H and O–H groups in total. The average molecular weight is 392 g/mol. The summed E-state index contributed by atoms with van der Waals surface area (Å²) >= 11 is 0. The van der Waals surface area contributed by atoms with Gasteiger partial charge in [-0.1, -0.05) is 13.0 Å². The van der Waals surface area contributed by atoms with E-state index in [-0.39, 0.29) is 22.1 Å². The predicted octanol–water partition coefficient (Wildman–Crippen LogP) is 2.67. The molecular formula is C19H24N2O5S. The van der Waals surface area contributed by atoms with Crippen LogP contribution in [0.4, 0.5) is 5.69 Å². The molecule has 2 rings (SSSR count). The summed E-state index contributed by atoms with van der Waals surface area (Å²) in [5.41, 5.74) is 0.863. The van der Waals surface area contributed by atoms with Crippen LogP contribution in [0.25, 0.3) is 0 Å². The summed E-state index contributed by atoms with van der Waals surface area (Å²) in [4.78, 5) is 14.2. The van der Waals surface area contributed by atoms with Crippen molar-refractivity contribution in [1.29, 1.82) is 0 Å². The monoisotopic (exact) mass is 392 g/mol. The molecule has 0 spiro atoms. The summed E-state index contributed by atoms with van der Waals surface area (Å²) in [6.07, 6.45) is 0.652. The van der Waals surface area contributed by atoms with Gasteiger partial charge in [-0.2, -0.15) is 0 Å². The Bertz CT molecular complexity index is 912. The van der Waals surface area contributed by atoms with Gasteiger partial charge in [0.15, 0.2) is 0 Å². The van der Waals surface area contributed by atoms with E-state index in [4.69, 9.17) is 9.47 Å². The van der Waals surface area contributed by atoms with E-state index in [0.717, 1.165) is 0 Å². The van der Waals surface area contributed by atoms with E-state index in [9.17, 15) is 13.2 Å². The first-order valence-corrected chi connectivity index (χ1v) is 9.92. The lowest BCUT2D eigenvalue weighted by atomic mass is 10.1. The van der Waals surface area contributed by atoms with E-state index in [1.807, 2.05) is 6.92 Å². The summed E-state index contributed by atoms with van der Waals surface area (Å²) in [5.74, 6) is 0.450. The quantitative estimate of drug-likeness (QED) is 0.747. The van der Waals surface area contributed by atoms with Gasteiger partial charge >= 0.3 is 0 Å². The second-order valence-electron chi connectivity index (χ2n) is 5.83. The van der Waals surface area contributed by atoms with Crippen LogP contribution in [-0.4, -0.2) is 42.1 Å². The largest absolute Gasteiger partial charge is 0.497 e. The van der Waals surface area contributed by atoms with Crippen molar-refractivity contribution < 1.29 is 22.7 Å². The SMILES string of the molecule is CCCNS(=O)(=O)c1cc(C(=O)N(C)c2cccc(OC)c2)ccc1OC. The van der Waals surface area contributed by atoms with Gasteiger partial charge < -0.3 is 14.4 Å². The Balaban J connectivity index is 2.40. The van der Waals surface area contributed by atoms with Crippen molar-refractivity contribution in [2.24, 2.45) is 0 Å². The van der Waals surface area contributed by atoms with Crippen molar-refractivity contribution in [3.63, 3.8) is 0 Å². The molecule has 0 aliphatic rings. The van der Waals surface area contributed by atoms with Gasteiger partial charge in [-0.25, -0.2) is 13.1 Å². The number of carbonyl (C=O) groups excluding carboxylic acids is 1. The molecule has 1 amide bonds. The number of sulfonamides is 1. The van der Waals surface area contributed by atoms with Crippen LogP contribution in [0.3, 0.4) is 0 Å². The first-order chi connectivity index (χ1) is 12.8. The maximum atomic E-state index is 12.9. The first-order valence-electron chi connectivity index (χ1n) is 8.43. The van der Waals surface area contributed by atoms with Gasteiger partial charge in [0, 0.05) is 30.9 Å². The van der Waals surface area contributed by atoms with Gasteiger partial charge in [0.05, 0.1) is 14.2 Å². The van der Waals surface area contributed by atoms with Crippen LogP contribution in [0.15, 0.2) is 47.4 Å². The predicted molar refractivity (Wildman–Crippen MR) is 104 cm³/mol. The molecule has 0 fully saturated rings. The summed E-state index contributed by atoms with van der Waals surface area (Å²) < 4.78 is 37.9. The Morgan fingerprint density at radius 2 is 1.85 bits per heavy atom. The highest BCUT2D eigenvalue weighted by atomic mass is 32.2. The lowest BCUT2D eigenvalue weighted by Gasteiger charge is -2.19. The molecule has 7 nitrogen and oxygen atoms in total. The van der Waals surface area contributed by atoms with E-state index in [1.165, 1.54) is 30.2 Å². The third kappa shape index (κ3) is 4.78. The molecule has 0 saturated heterocycles. The zero-order chi connectivity index (χ0) is 20.0. The third-order valence-electron chi connectivity index (χ3n) is 3.99. The molecule has 2 aromatic carbocycles. The molecule has 0 aromatic heterocycles. The number of methoxy groups -OCH3 is 2. The molecular weight excluding hydrogens is 368 g/mol. The van der Waals surface area contributed by atoms with Crippen LogP contribution in [0.5, 0.6) is 11.5 Å². The molecule has 27 heavy (non-hydrogen) atoms. The van der Waals surface area contributed by atoms with E-state index in [0.29, 0.717) is 24.4 Å². The van der Waals surface area contributed by atoms with Gasteiger partial charge in [-0.3, -0.25) is 4.79 Å².